The third-order valence-corrected chi connectivity index (χ3v) is 7.28. The van der Waals surface area contributed by atoms with Gasteiger partial charge in [-0.1, -0.05) is 43.4 Å². The third kappa shape index (κ3) is 6.00. The zero-order valence-corrected chi connectivity index (χ0v) is 21.5. The van der Waals surface area contributed by atoms with Crippen molar-refractivity contribution in [2.75, 3.05) is 14.1 Å². The number of allylic oxidation sites excluding steroid dienone is 1. The molecule has 0 radical (unpaired) electrons. The van der Waals surface area contributed by atoms with E-state index in [-0.39, 0.29) is 56.2 Å². The Hall–Kier alpha value is 0.387. The summed E-state index contributed by atoms with van der Waals surface area (Å²) in [6.45, 7) is 11.7. The van der Waals surface area contributed by atoms with Gasteiger partial charge in [-0.25, -0.2) is 0 Å². The quantitative estimate of drug-likeness (QED) is 0.562. The molecule has 0 spiro atoms. The molecule has 0 fully saturated rings. The molecule has 1 aliphatic carbocycles. The second-order valence-electron chi connectivity index (χ2n) is 7.61. The molecular weight excluding hydrogens is 510 g/mol. The zero-order valence-electron chi connectivity index (χ0n) is 15.2. The number of hydrogen-bond donors (Lipinski definition) is 1. The maximum Gasteiger partial charge on any atom is 0.131 e. The van der Waals surface area contributed by atoms with Crippen LogP contribution >= 0.6 is 24.8 Å². The number of hydrogen-bond acceptors (Lipinski definition) is 2. The molecule has 1 aliphatic rings. The number of nitrogens with one attached hydrogen (secondary N) is 1. The standard InChI is InChI=1S/C17H28N2Si.2ClH.Hf/c1-17(2,3)18-20(6,7)16-12-15(19(4)5)13-10-8-9-11-14(13)16;;;/h8-12,16,18H,1-7H3;2*1H;. The Morgan fingerprint density at radius 1 is 1.04 bits per heavy atom. The molecule has 1 unspecified atom stereocenters. The van der Waals surface area contributed by atoms with Crippen molar-refractivity contribution < 1.29 is 25.8 Å². The van der Waals surface area contributed by atoms with Gasteiger partial charge in [0.1, 0.15) is 8.24 Å². The molecule has 1 N–H and O–H groups in total. The van der Waals surface area contributed by atoms with E-state index in [2.05, 4.69) is 88.2 Å². The molecule has 130 valence electrons. The fourth-order valence-corrected chi connectivity index (χ4v) is 7.06. The number of fused-ring (bicyclic) bond motifs is 1. The molecule has 2 nitrogen and oxygen atoms in total. The van der Waals surface area contributed by atoms with E-state index in [9.17, 15) is 0 Å². The molecule has 0 aromatic heterocycles. The fraction of sp³-hybridized carbons (Fsp3) is 0.529. The first-order valence-corrected chi connectivity index (χ1v) is 10.5. The Bertz CT molecular complexity index is 540. The van der Waals surface area contributed by atoms with E-state index < -0.39 is 8.24 Å². The predicted octanol–water partition coefficient (Wildman–Crippen LogP) is 4.66. The van der Waals surface area contributed by atoms with Crippen LogP contribution in [0.3, 0.4) is 0 Å². The van der Waals surface area contributed by atoms with Crippen LogP contribution in [-0.4, -0.2) is 32.8 Å². The van der Waals surface area contributed by atoms with E-state index >= 15 is 0 Å². The van der Waals surface area contributed by atoms with Crippen LogP contribution in [0.5, 0.6) is 0 Å². The Morgan fingerprint density at radius 3 is 2.04 bits per heavy atom. The molecule has 1 aromatic rings. The topological polar surface area (TPSA) is 15.3 Å². The van der Waals surface area contributed by atoms with Crippen molar-refractivity contribution in [3.8, 4) is 0 Å². The van der Waals surface area contributed by atoms with Gasteiger partial charge in [0.15, 0.2) is 0 Å². The molecule has 0 saturated carbocycles. The van der Waals surface area contributed by atoms with Crippen LogP contribution in [-0.2, 0) is 25.8 Å². The molecule has 0 amide bonds. The van der Waals surface area contributed by atoms with Crippen LogP contribution in [0, 0.1) is 0 Å². The van der Waals surface area contributed by atoms with Gasteiger partial charge < -0.3 is 9.88 Å². The van der Waals surface area contributed by atoms with Crippen LogP contribution in [0.4, 0.5) is 0 Å². The van der Waals surface area contributed by atoms with Crippen LogP contribution < -0.4 is 4.98 Å². The SMILES string of the molecule is CN(C)C1=CC([Si](C)(C)NC(C)(C)C)c2ccccc21.Cl.Cl.[Hf]. The minimum atomic E-state index is -1.60. The second kappa shape index (κ2) is 9.19. The van der Waals surface area contributed by atoms with Crippen LogP contribution in [0.25, 0.3) is 5.70 Å². The molecule has 0 aliphatic heterocycles. The van der Waals surface area contributed by atoms with E-state index in [4.69, 9.17) is 0 Å². The fourth-order valence-electron chi connectivity index (χ4n) is 3.37. The molecule has 6 heteroatoms. The van der Waals surface area contributed by atoms with E-state index in [1.807, 2.05) is 0 Å². The Balaban J connectivity index is 0. The number of benzene rings is 1. The summed E-state index contributed by atoms with van der Waals surface area (Å²) < 4.78 is 0. The minimum Gasteiger partial charge on any atom is -0.377 e. The van der Waals surface area contributed by atoms with Gasteiger partial charge in [0.2, 0.25) is 0 Å². The summed E-state index contributed by atoms with van der Waals surface area (Å²) in [6, 6.07) is 8.86. The van der Waals surface area contributed by atoms with E-state index in [1.54, 1.807) is 0 Å². The summed E-state index contributed by atoms with van der Waals surface area (Å²) in [7, 11) is 2.67. The largest absolute Gasteiger partial charge is 0.377 e. The predicted molar refractivity (Wildman–Crippen MR) is 106 cm³/mol. The molecule has 0 bridgehead atoms. The zero-order chi connectivity index (χ0) is 15.1. The van der Waals surface area contributed by atoms with Gasteiger partial charge in [-0.2, -0.15) is 0 Å². The maximum atomic E-state index is 3.91. The minimum absolute atomic E-state index is 0. The first-order chi connectivity index (χ1) is 9.12. The summed E-state index contributed by atoms with van der Waals surface area (Å²) in [5.74, 6) is 0. The molecular formula is C17H30Cl2HfN2Si. The summed E-state index contributed by atoms with van der Waals surface area (Å²) >= 11 is 0. The number of halogens is 2. The van der Waals surface area contributed by atoms with Crippen molar-refractivity contribution in [2.24, 2.45) is 0 Å². The summed E-state index contributed by atoms with van der Waals surface area (Å²) in [5.41, 5.74) is 4.96. The summed E-state index contributed by atoms with van der Waals surface area (Å²) in [5, 5.41) is 0. The van der Waals surface area contributed by atoms with Crippen LogP contribution in [0.2, 0.25) is 13.1 Å². The second-order valence-corrected chi connectivity index (χ2v) is 11.9. The molecule has 0 saturated heterocycles. The van der Waals surface area contributed by atoms with E-state index in [0.29, 0.717) is 5.54 Å². The average Bonchev–Trinajstić information content (AvgIpc) is 2.65. The molecule has 1 aromatic carbocycles. The van der Waals surface area contributed by atoms with E-state index in [0.717, 1.165) is 0 Å². The van der Waals surface area contributed by atoms with Crippen molar-refractivity contribution in [3.63, 3.8) is 0 Å². The van der Waals surface area contributed by atoms with E-state index in [1.165, 1.54) is 16.8 Å². The average molecular weight is 540 g/mol. The van der Waals surface area contributed by atoms with Crippen molar-refractivity contribution in [2.45, 2.75) is 44.9 Å². The number of rotatable bonds is 3. The first-order valence-electron chi connectivity index (χ1n) is 7.39. The Morgan fingerprint density at radius 2 is 1.57 bits per heavy atom. The molecule has 2 rings (SSSR count). The van der Waals surface area contributed by atoms with Gasteiger partial charge in [0.05, 0.1) is 0 Å². The van der Waals surface area contributed by atoms with Gasteiger partial charge in [-0.05, 0) is 26.3 Å². The molecule has 23 heavy (non-hydrogen) atoms. The van der Waals surface area contributed by atoms with Gasteiger partial charge in [-0.15, -0.1) is 24.8 Å². The van der Waals surface area contributed by atoms with Crippen molar-refractivity contribution in [1.29, 1.82) is 0 Å². The van der Waals surface area contributed by atoms with Gasteiger partial charge in [0.25, 0.3) is 0 Å². The van der Waals surface area contributed by atoms with Gasteiger partial charge in [-0.3, -0.25) is 0 Å². The van der Waals surface area contributed by atoms with Crippen LogP contribution in [0.15, 0.2) is 30.3 Å². The molecule has 1 atom stereocenters. The molecule has 0 heterocycles. The van der Waals surface area contributed by atoms with Crippen molar-refractivity contribution >= 4 is 38.7 Å². The first kappa shape index (κ1) is 25.6. The van der Waals surface area contributed by atoms with Gasteiger partial charge >= 0.3 is 0 Å². The van der Waals surface area contributed by atoms with Crippen molar-refractivity contribution in [3.05, 3.63) is 41.5 Å². The smallest absolute Gasteiger partial charge is 0.131 e. The normalized spacial score (nSPS) is 16.3. The summed E-state index contributed by atoms with van der Waals surface area (Å²) in [6.07, 6.45) is 2.47. The summed E-state index contributed by atoms with van der Waals surface area (Å²) in [4.78, 5) is 6.15. The third-order valence-electron chi connectivity index (χ3n) is 3.85. The van der Waals surface area contributed by atoms with Gasteiger partial charge in [0, 0.05) is 62.3 Å². The Kier molecular flexibility index (Phi) is 10.2. The Labute approximate surface area is 174 Å². The van der Waals surface area contributed by atoms with Crippen molar-refractivity contribution in [1.82, 2.24) is 9.88 Å². The number of nitrogens with zero attached hydrogens (tertiary/aromatic N) is 1. The monoisotopic (exact) mass is 540 g/mol. The van der Waals surface area contributed by atoms with Crippen LogP contribution in [0.1, 0.15) is 37.4 Å². The maximum absolute atomic E-state index is 3.91.